The molecule has 48 valence electrons. The van der Waals surface area contributed by atoms with Crippen LogP contribution in [0.15, 0.2) is 0 Å². The average Bonchev–Trinajstić information content (AvgIpc) is 1.98. The molecule has 1 nitrogen and oxygen atoms in total. The van der Waals surface area contributed by atoms with Gasteiger partial charge in [-0.1, -0.05) is 13.8 Å². The molecule has 1 heteroatoms. The summed E-state index contributed by atoms with van der Waals surface area (Å²) in [4.78, 5) is 0. The van der Waals surface area contributed by atoms with Crippen LogP contribution in [-0.4, -0.2) is 11.2 Å². The predicted molar refractivity (Wildman–Crippen MR) is 33.6 cm³/mol. The van der Waals surface area contributed by atoms with Crippen molar-refractivity contribution in [2.45, 2.75) is 32.8 Å². The number of rotatable bonds is 0. The van der Waals surface area contributed by atoms with E-state index in [4.69, 9.17) is 0 Å². The highest BCUT2D eigenvalue weighted by atomic mass is 16.3. The van der Waals surface area contributed by atoms with Crippen LogP contribution >= 0.6 is 0 Å². The Balaban J connectivity index is 2.44. The first-order chi connectivity index (χ1) is 3.72. The lowest BCUT2D eigenvalue weighted by atomic mass is 10.1. The Morgan fingerprint density at radius 2 is 1.50 bits per heavy atom. The van der Waals surface area contributed by atoms with E-state index >= 15 is 0 Å². The molecule has 0 heterocycles. The largest absolute Gasteiger partial charge is 0.393 e. The Morgan fingerprint density at radius 1 is 1.12 bits per heavy atom. The fraction of sp³-hybridized carbons (Fsp3) is 1.00. The van der Waals surface area contributed by atoms with Gasteiger partial charge >= 0.3 is 0 Å². The van der Waals surface area contributed by atoms with Crippen LogP contribution in [0.3, 0.4) is 0 Å². The predicted octanol–water partition coefficient (Wildman–Crippen LogP) is 1.41. The molecule has 0 aromatic carbocycles. The quantitative estimate of drug-likeness (QED) is 0.505. The summed E-state index contributed by atoms with van der Waals surface area (Å²) in [6.45, 7) is 4.24. The first kappa shape index (κ1) is 6.09. The second-order valence-corrected chi connectivity index (χ2v) is 3.02. The highest BCUT2D eigenvalue weighted by Crippen LogP contribution is 2.29. The van der Waals surface area contributed by atoms with E-state index in [1.807, 2.05) is 0 Å². The molecule has 0 aromatic heterocycles. The number of hydrogen-bond donors (Lipinski definition) is 1. The maximum atomic E-state index is 9.27. The van der Waals surface area contributed by atoms with Gasteiger partial charge in [0.05, 0.1) is 6.10 Å². The molecule has 2 unspecified atom stereocenters. The molecule has 1 saturated carbocycles. The molecule has 2 atom stereocenters. The van der Waals surface area contributed by atoms with Crippen LogP contribution in [0.25, 0.3) is 0 Å². The van der Waals surface area contributed by atoms with Crippen molar-refractivity contribution in [1.82, 2.24) is 0 Å². The van der Waals surface area contributed by atoms with Crippen LogP contribution in [0, 0.1) is 11.8 Å². The van der Waals surface area contributed by atoms with E-state index in [9.17, 15) is 5.11 Å². The van der Waals surface area contributed by atoms with Crippen LogP contribution in [0.1, 0.15) is 26.7 Å². The minimum atomic E-state index is -0.0185. The van der Waals surface area contributed by atoms with Gasteiger partial charge in [0.1, 0.15) is 0 Å². The SMILES string of the molecule is CC1CCC(C)C1O. The van der Waals surface area contributed by atoms with Gasteiger partial charge in [-0.15, -0.1) is 0 Å². The smallest absolute Gasteiger partial charge is 0.0591 e. The summed E-state index contributed by atoms with van der Waals surface area (Å²) in [5.41, 5.74) is 0. The van der Waals surface area contributed by atoms with Crippen LogP contribution in [0.5, 0.6) is 0 Å². The van der Waals surface area contributed by atoms with Gasteiger partial charge in [-0.3, -0.25) is 0 Å². The van der Waals surface area contributed by atoms with E-state index in [1.165, 1.54) is 12.8 Å². The molecule has 0 radical (unpaired) electrons. The highest BCUT2D eigenvalue weighted by molar-refractivity contribution is 4.78. The minimum Gasteiger partial charge on any atom is -0.393 e. The van der Waals surface area contributed by atoms with Gasteiger partial charge in [0, 0.05) is 0 Å². The van der Waals surface area contributed by atoms with E-state index < -0.39 is 0 Å². The topological polar surface area (TPSA) is 20.2 Å². The molecule has 1 aliphatic rings. The summed E-state index contributed by atoms with van der Waals surface area (Å²) in [5, 5.41) is 9.27. The van der Waals surface area contributed by atoms with Gasteiger partial charge in [-0.25, -0.2) is 0 Å². The Kier molecular flexibility index (Phi) is 1.57. The van der Waals surface area contributed by atoms with Crippen molar-refractivity contribution in [1.29, 1.82) is 0 Å². The van der Waals surface area contributed by atoms with E-state index in [1.54, 1.807) is 0 Å². The maximum Gasteiger partial charge on any atom is 0.0591 e. The first-order valence-electron chi connectivity index (χ1n) is 3.40. The molecule has 1 aliphatic carbocycles. The normalized spacial score (nSPS) is 47.6. The highest BCUT2D eigenvalue weighted by Gasteiger charge is 2.27. The Labute approximate surface area is 50.7 Å². The molecule has 0 saturated heterocycles. The number of aliphatic hydroxyl groups excluding tert-OH is 1. The summed E-state index contributed by atoms with van der Waals surface area (Å²) in [6, 6.07) is 0. The standard InChI is InChI=1S/C7H14O/c1-5-3-4-6(2)7(5)8/h5-8H,3-4H2,1-2H3. The lowest BCUT2D eigenvalue weighted by Gasteiger charge is -2.10. The van der Waals surface area contributed by atoms with Crippen molar-refractivity contribution in [2.75, 3.05) is 0 Å². The van der Waals surface area contributed by atoms with E-state index in [0.29, 0.717) is 11.8 Å². The molecular formula is C7H14O. The lowest BCUT2D eigenvalue weighted by molar-refractivity contribution is 0.105. The van der Waals surface area contributed by atoms with E-state index in [-0.39, 0.29) is 6.10 Å². The minimum absolute atomic E-state index is 0.0185. The Bertz CT molecular complexity index is 70.5. The van der Waals surface area contributed by atoms with Crippen molar-refractivity contribution >= 4 is 0 Å². The van der Waals surface area contributed by atoms with Gasteiger partial charge < -0.3 is 5.11 Å². The third-order valence-corrected chi connectivity index (χ3v) is 2.24. The molecular weight excluding hydrogens is 100 g/mol. The van der Waals surface area contributed by atoms with Crippen molar-refractivity contribution < 1.29 is 5.11 Å². The Morgan fingerprint density at radius 3 is 1.62 bits per heavy atom. The second kappa shape index (κ2) is 2.06. The molecule has 0 bridgehead atoms. The number of hydrogen-bond acceptors (Lipinski definition) is 1. The van der Waals surface area contributed by atoms with Crippen molar-refractivity contribution in [3.63, 3.8) is 0 Å². The van der Waals surface area contributed by atoms with Crippen LogP contribution in [-0.2, 0) is 0 Å². The first-order valence-corrected chi connectivity index (χ1v) is 3.40. The second-order valence-electron chi connectivity index (χ2n) is 3.02. The fourth-order valence-corrected chi connectivity index (χ4v) is 1.43. The molecule has 8 heavy (non-hydrogen) atoms. The van der Waals surface area contributed by atoms with Crippen LogP contribution in [0.2, 0.25) is 0 Å². The molecule has 0 amide bonds. The summed E-state index contributed by atoms with van der Waals surface area (Å²) in [6.07, 6.45) is 2.40. The third kappa shape index (κ3) is 0.873. The summed E-state index contributed by atoms with van der Waals surface area (Å²) >= 11 is 0. The number of aliphatic hydroxyl groups is 1. The summed E-state index contributed by atoms with van der Waals surface area (Å²) in [7, 11) is 0. The molecule has 0 aliphatic heterocycles. The van der Waals surface area contributed by atoms with Crippen LogP contribution < -0.4 is 0 Å². The monoisotopic (exact) mass is 114 g/mol. The van der Waals surface area contributed by atoms with Gasteiger partial charge in [0.15, 0.2) is 0 Å². The van der Waals surface area contributed by atoms with Gasteiger partial charge in [-0.2, -0.15) is 0 Å². The third-order valence-electron chi connectivity index (χ3n) is 2.24. The zero-order chi connectivity index (χ0) is 6.15. The average molecular weight is 114 g/mol. The fourth-order valence-electron chi connectivity index (χ4n) is 1.43. The maximum absolute atomic E-state index is 9.27. The zero-order valence-electron chi connectivity index (χ0n) is 5.59. The lowest BCUT2D eigenvalue weighted by Crippen LogP contribution is -2.15. The summed E-state index contributed by atoms with van der Waals surface area (Å²) in [5.74, 6) is 1.09. The molecule has 1 rings (SSSR count). The van der Waals surface area contributed by atoms with Crippen molar-refractivity contribution in [3.8, 4) is 0 Å². The molecule has 1 fully saturated rings. The summed E-state index contributed by atoms with van der Waals surface area (Å²) < 4.78 is 0. The molecule has 0 spiro atoms. The van der Waals surface area contributed by atoms with E-state index in [0.717, 1.165) is 0 Å². The Hall–Kier alpha value is -0.0400. The van der Waals surface area contributed by atoms with Gasteiger partial charge in [0.2, 0.25) is 0 Å². The molecule has 0 aromatic rings. The van der Waals surface area contributed by atoms with Gasteiger partial charge in [-0.05, 0) is 24.7 Å². The van der Waals surface area contributed by atoms with Crippen molar-refractivity contribution in [3.05, 3.63) is 0 Å². The van der Waals surface area contributed by atoms with E-state index in [2.05, 4.69) is 13.8 Å². The van der Waals surface area contributed by atoms with Crippen molar-refractivity contribution in [2.24, 2.45) is 11.8 Å². The van der Waals surface area contributed by atoms with Gasteiger partial charge in [0.25, 0.3) is 0 Å². The van der Waals surface area contributed by atoms with Crippen LogP contribution in [0.4, 0.5) is 0 Å². The molecule has 1 N–H and O–H groups in total. The zero-order valence-corrected chi connectivity index (χ0v) is 5.59.